The minimum atomic E-state index is -3.55. The first-order chi connectivity index (χ1) is 8.99. The van der Waals surface area contributed by atoms with Crippen LogP contribution < -0.4 is 16.2 Å². The second-order valence-electron chi connectivity index (χ2n) is 5.84. The van der Waals surface area contributed by atoms with Gasteiger partial charge in [0.15, 0.2) is 0 Å². The topological polar surface area (TPSA) is 115 Å². The highest BCUT2D eigenvalue weighted by molar-refractivity contribution is 7.88. The van der Waals surface area contributed by atoms with Crippen molar-refractivity contribution in [1.29, 1.82) is 0 Å². The lowest BCUT2D eigenvalue weighted by Gasteiger charge is -2.25. The molecule has 21 heavy (non-hydrogen) atoms. The van der Waals surface area contributed by atoms with E-state index in [9.17, 15) is 13.2 Å². The summed E-state index contributed by atoms with van der Waals surface area (Å²) in [4.78, 5) is 11.9. The van der Waals surface area contributed by atoms with E-state index < -0.39 is 16.1 Å². The van der Waals surface area contributed by atoms with Gasteiger partial charge in [-0.2, -0.15) is 0 Å². The molecule has 120 valence electrons. The molecule has 0 unspecified atom stereocenters. The lowest BCUT2D eigenvalue weighted by atomic mass is 9.87. The van der Waals surface area contributed by atoms with Gasteiger partial charge in [-0.3, -0.25) is 4.79 Å². The molecule has 5 N–H and O–H groups in total. The van der Waals surface area contributed by atoms with Gasteiger partial charge >= 0.3 is 0 Å². The van der Waals surface area contributed by atoms with Crippen LogP contribution in [0.5, 0.6) is 0 Å². The molecule has 1 aromatic rings. The zero-order valence-electron chi connectivity index (χ0n) is 12.3. The smallest absolute Gasteiger partial charge is 0.241 e. The van der Waals surface area contributed by atoms with Crippen molar-refractivity contribution < 1.29 is 13.2 Å². The van der Waals surface area contributed by atoms with Crippen LogP contribution in [-0.4, -0.2) is 20.4 Å². The minimum absolute atomic E-state index is 0. The third kappa shape index (κ3) is 6.90. The minimum Gasteiger partial charge on any atom is -0.325 e. The Morgan fingerprint density at radius 1 is 1.24 bits per heavy atom. The molecular formula is C13H22ClN3O3S. The first kappa shape index (κ1) is 19.9. The number of carbonyl (C=O) groups is 1. The van der Waals surface area contributed by atoms with Gasteiger partial charge in [-0.15, -0.1) is 12.4 Å². The summed E-state index contributed by atoms with van der Waals surface area (Å²) in [6, 6.07) is 5.80. The normalized spacial score (nSPS) is 13.2. The number of benzene rings is 1. The molecule has 1 rings (SSSR count). The van der Waals surface area contributed by atoms with Crippen molar-refractivity contribution in [2.45, 2.75) is 32.6 Å². The van der Waals surface area contributed by atoms with Crippen molar-refractivity contribution >= 4 is 34.0 Å². The molecule has 0 aromatic heterocycles. The third-order valence-corrected chi connectivity index (χ3v) is 3.54. The molecule has 8 heteroatoms. The fourth-order valence-corrected chi connectivity index (χ4v) is 2.19. The van der Waals surface area contributed by atoms with Gasteiger partial charge in [0.05, 0.1) is 11.8 Å². The van der Waals surface area contributed by atoms with Crippen LogP contribution in [0.25, 0.3) is 0 Å². The molecule has 0 fully saturated rings. The van der Waals surface area contributed by atoms with Crippen LogP contribution in [0.1, 0.15) is 26.3 Å². The van der Waals surface area contributed by atoms with Gasteiger partial charge in [0.1, 0.15) is 0 Å². The summed E-state index contributed by atoms with van der Waals surface area (Å²) in [6.07, 6.45) is 0. The first-order valence-electron chi connectivity index (χ1n) is 6.15. The summed E-state index contributed by atoms with van der Waals surface area (Å²) in [5.41, 5.74) is 6.64. The van der Waals surface area contributed by atoms with Crippen molar-refractivity contribution in [2.75, 3.05) is 5.32 Å². The highest BCUT2D eigenvalue weighted by Crippen LogP contribution is 2.19. The maximum absolute atomic E-state index is 11.9. The Bertz CT molecular complexity index is 580. The van der Waals surface area contributed by atoms with E-state index in [4.69, 9.17) is 10.9 Å². The van der Waals surface area contributed by atoms with Gasteiger partial charge in [0, 0.05) is 5.69 Å². The summed E-state index contributed by atoms with van der Waals surface area (Å²) >= 11 is 0. The maximum Gasteiger partial charge on any atom is 0.241 e. The largest absolute Gasteiger partial charge is 0.325 e. The van der Waals surface area contributed by atoms with Gasteiger partial charge in [-0.05, 0) is 23.1 Å². The number of rotatable bonds is 4. The molecule has 1 atom stereocenters. The Hall–Kier alpha value is -1.15. The van der Waals surface area contributed by atoms with Crippen LogP contribution in [-0.2, 0) is 20.6 Å². The summed E-state index contributed by atoms with van der Waals surface area (Å²) in [5.74, 6) is -0.514. The maximum atomic E-state index is 11.9. The Morgan fingerprint density at radius 3 is 2.10 bits per heavy atom. The summed E-state index contributed by atoms with van der Waals surface area (Å²) in [6.45, 7) is 5.64. The molecule has 0 aliphatic carbocycles. The number of hydrogen-bond donors (Lipinski definition) is 3. The molecule has 0 aliphatic heterocycles. The number of nitrogens with one attached hydrogen (secondary N) is 1. The van der Waals surface area contributed by atoms with Crippen molar-refractivity contribution in [1.82, 2.24) is 0 Å². The monoisotopic (exact) mass is 335 g/mol. The molecule has 0 saturated carbocycles. The molecule has 0 heterocycles. The second kappa shape index (κ2) is 7.22. The number of amides is 1. The highest BCUT2D eigenvalue weighted by Gasteiger charge is 2.27. The van der Waals surface area contributed by atoms with E-state index in [0.717, 1.165) is 0 Å². The van der Waals surface area contributed by atoms with Crippen LogP contribution in [0.4, 0.5) is 5.69 Å². The number of anilines is 1. The number of sulfonamides is 1. The fourth-order valence-electron chi connectivity index (χ4n) is 1.53. The summed E-state index contributed by atoms with van der Waals surface area (Å²) in [7, 11) is -3.55. The second-order valence-corrected chi connectivity index (χ2v) is 7.45. The molecule has 0 aliphatic rings. The summed E-state index contributed by atoms with van der Waals surface area (Å²) < 4.78 is 21.9. The Kier molecular flexibility index (Phi) is 6.82. The van der Waals surface area contributed by atoms with Gasteiger partial charge in [0.2, 0.25) is 15.9 Å². The van der Waals surface area contributed by atoms with Crippen molar-refractivity contribution in [3.8, 4) is 0 Å². The van der Waals surface area contributed by atoms with E-state index in [1.807, 2.05) is 20.8 Å². The molecule has 6 nitrogen and oxygen atoms in total. The Morgan fingerprint density at radius 2 is 1.71 bits per heavy atom. The number of nitrogens with two attached hydrogens (primary N) is 2. The Balaban J connectivity index is 0.00000400. The predicted molar refractivity (Wildman–Crippen MR) is 86.6 cm³/mol. The van der Waals surface area contributed by atoms with Crippen LogP contribution >= 0.6 is 12.4 Å². The van der Waals surface area contributed by atoms with E-state index in [0.29, 0.717) is 11.3 Å². The molecule has 0 spiro atoms. The van der Waals surface area contributed by atoms with Crippen molar-refractivity contribution in [3.63, 3.8) is 0 Å². The van der Waals surface area contributed by atoms with Gasteiger partial charge in [-0.1, -0.05) is 32.9 Å². The molecular weight excluding hydrogens is 314 g/mol. The number of primary sulfonamides is 1. The average Bonchev–Trinajstić information content (AvgIpc) is 2.27. The number of carbonyl (C=O) groups excluding carboxylic acids is 1. The molecule has 0 bridgehead atoms. The number of hydrogen-bond acceptors (Lipinski definition) is 4. The van der Waals surface area contributed by atoms with Crippen molar-refractivity contribution in [2.24, 2.45) is 16.3 Å². The average molecular weight is 336 g/mol. The van der Waals surface area contributed by atoms with E-state index in [-0.39, 0.29) is 29.5 Å². The van der Waals surface area contributed by atoms with Crippen LogP contribution in [0.15, 0.2) is 24.3 Å². The van der Waals surface area contributed by atoms with E-state index >= 15 is 0 Å². The van der Waals surface area contributed by atoms with Gasteiger partial charge in [0.25, 0.3) is 0 Å². The standard InChI is InChI=1S/C13H21N3O3S.ClH/c1-13(2,3)11(14)12(17)16-10-6-4-9(5-7-10)8-20(15,18)19;/h4-7,11H,8,14H2,1-3H3,(H,16,17)(H2,15,18,19);1H/t11-;/m1./s1. The lowest BCUT2D eigenvalue weighted by molar-refractivity contribution is -0.119. The summed E-state index contributed by atoms with van der Waals surface area (Å²) in [5, 5.41) is 7.65. The Labute approximate surface area is 131 Å². The predicted octanol–water partition coefficient (Wildman–Crippen LogP) is 1.21. The molecule has 1 aromatic carbocycles. The van der Waals surface area contributed by atoms with E-state index in [1.165, 1.54) is 0 Å². The zero-order valence-corrected chi connectivity index (χ0v) is 13.9. The lowest BCUT2D eigenvalue weighted by Crippen LogP contribution is -2.45. The van der Waals surface area contributed by atoms with E-state index in [1.54, 1.807) is 24.3 Å². The fraction of sp³-hybridized carbons (Fsp3) is 0.462. The highest BCUT2D eigenvalue weighted by atomic mass is 35.5. The number of halogens is 1. The first-order valence-corrected chi connectivity index (χ1v) is 7.86. The van der Waals surface area contributed by atoms with Gasteiger partial charge in [-0.25, -0.2) is 13.6 Å². The SMILES string of the molecule is CC(C)(C)[C@H](N)C(=O)Nc1ccc(CS(N)(=O)=O)cc1.Cl. The van der Waals surface area contributed by atoms with Gasteiger partial charge < -0.3 is 11.1 Å². The third-order valence-electron chi connectivity index (χ3n) is 2.80. The molecule has 0 saturated heterocycles. The molecule has 1 amide bonds. The quantitative estimate of drug-likeness (QED) is 0.766. The van der Waals surface area contributed by atoms with Crippen LogP contribution in [0.2, 0.25) is 0 Å². The molecule has 0 radical (unpaired) electrons. The zero-order chi connectivity index (χ0) is 15.6. The van der Waals surface area contributed by atoms with Crippen LogP contribution in [0, 0.1) is 5.41 Å². The van der Waals surface area contributed by atoms with Crippen molar-refractivity contribution in [3.05, 3.63) is 29.8 Å². The van der Waals surface area contributed by atoms with Crippen LogP contribution in [0.3, 0.4) is 0 Å². The van der Waals surface area contributed by atoms with E-state index in [2.05, 4.69) is 5.32 Å².